The van der Waals surface area contributed by atoms with Gasteiger partial charge in [0.05, 0.1) is 9.79 Å². The number of pyridine rings is 1. The first kappa shape index (κ1) is 17.0. The molecule has 1 aromatic heterocycles. The van der Waals surface area contributed by atoms with Gasteiger partial charge in [-0.1, -0.05) is 18.2 Å². The van der Waals surface area contributed by atoms with E-state index in [1.807, 2.05) is 0 Å². The molecule has 0 aliphatic heterocycles. The molecule has 0 aliphatic carbocycles. The summed E-state index contributed by atoms with van der Waals surface area (Å²) in [6, 6.07) is 17.8. The first-order valence-corrected chi connectivity index (χ1v) is 9.14. The van der Waals surface area contributed by atoms with Crippen LogP contribution >= 0.6 is 0 Å². The zero-order valence-corrected chi connectivity index (χ0v) is 14.4. The van der Waals surface area contributed by atoms with Crippen molar-refractivity contribution in [3.8, 4) is 5.75 Å². The van der Waals surface area contributed by atoms with Gasteiger partial charge >= 0.3 is 0 Å². The summed E-state index contributed by atoms with van der Waals surface area (Å²) in [5.41, 5.74) is 0.648. The quantitative estimate of drug-likeness (QED) is 0.706. The number of sulfone groups is 1. The number of aromatic nitrogens is 1. The van der Waals surface area contributed by atoms with Crippen molar-refractivity contribution in [2.24, 2.45) is 7.05 Å². The van der Waals surface area contributed by atoms with Gasteiger partial charge in [-0.3, -0.25) is 4.79 Å². The van der Waals surface area contributed by atoms with Crippen LogP contribution in [0, 0.1) is 0 Å². The molecule has 1 heterocycles. The molecular weight excluding hydrogens is 338 g/mol. The van der Waals surface area contributed by atoms with E-state index in [4.69, 9.17) is 4.74 Å². The maximum atomic E-state index is 12.5. The fraction of sp³-hybridized carbons (Fsp3) is 0.105. The van der Waals surface area contributed by atoms with Crippen molar-refractivity contribution in [3.05, 3.63) is 88.8 Å². The van der Waals surface area contributed by atoms with Crippen molar-refractivity contribution >= 4 is 9.84 Å². The summed E-state index contributed by atoms with van der Waals surface area (Å²) < 4.78 is 32.1. The van der Waals surface area contributed by atoms with Crippen molar-refractivity contribution in [3.63, 3.8) is 0 Å². The molecule has 6 heteroatoms. The van der Waals surface area contributed by atoms with Crippen molar-refractivity contribution in [2.45, 2.75) is 16.4 Å². The SMILES string of the molecule is Cn1ccc(COc2ccc(S(=O)(=O)c3ccccc3)cc2)cc1=O. The van der Waals surface area contributed by atoms with Crippen LogP contribution in [0.15, 0.2) is 87.5 Å². The molecule has 0 fully saturated rings. The van der Waals surface area contributed by atoms with Gasteiger partial charge in [-0.25, -0.2) is 8.42 Å². The molecule has 5 nitrogen and oxygen atoms in total. The first-order valence-electron chi connectivity index (χ1n) is 7.65. The van der Waals surface area contributed by atoms with E-state index in [9.17, 15) is 13.2 Å². The van der Waals surface area contributed by atoms with Gasteiger partial charge in [-0.05, 0) is 48.0 Å². The first-order chi connectivity index (χ1) is 12.0. The van der Waals surface area contributed by atoms with Gasteiger partial charge in [-0.2, -0.15) is 0 Å². The van der Waals surface area contributed by atoms with Crippen LogP contribution < -0.4 is 10.3 Å². The zero-order valence-electron chi connectivity index (χ0n) is 13.6. The second-order valence-electron chi connectivity index (χ2n) is 5.56. The summed E-state index contributed by atoms with van der Waals surface area (Å²) in [4.78, 5) is 12.0. The lowest BCUT2D eigenvalue weighted by molar-refractivity contribution is 0.305. The minimum Gasteiger partial charge on any atom is -0.489 e. The Labute approximate surface area is 146 Å². The Morgan fingerprint density at radius 2 is 1.56 bits per heavy atom. The summed E-state index contributed by atoms with van der Waals surface area (Å²) in [6.07, 6.45) is 1.68. The minimum atomic E-state index is -3.53. The Kier molecular flexibility index (Phi) is 4.72. The molecule has 0 spiro atoms. The molecule has 0 amide bonds. The maximum absolute atomic E-state index is 12.5. The molecule has 3 aromatic rings. The van der Waals surface area contributed by atoms with Gasteiger partial charge in [0.25, 0.3) is 5.56 Å². The van der Waals surface area contributed by atoms with Crippen LogP contribution in [0.5, 0.6) is 5.75 Å². The van der Waals surface area contributed by atoms with Gasteiger partial charge in [0, 0.05) is 19.3 Å². The Hall–Kier alpha value is -2.86. The van der Waals surface area contributed by atoms with Crippen molar-refractivity contribution in [1.82, 2.24) is 4.57 Å². The van der Waals surface area contributed by atoms with Crippen LogP contribution in [-0.4, -0.2) is 13.0 Å². The standard InChI is InChI=1S/C19H17NO4S/c1-20-12-11-15(13-19(20)21)14-24-16-7-9-18(10-8-16)25(22,23)17-5-3-2-4-6-17/h2-13H,14H2,1H3. The largest absolute Gasteiger partial charge is 0.489 e. The predicted molar refractivity (Wildman–Crippen MR) is 94.4 cm³/mol. The lowest BCUT2D eigenvalue weighted by Gasteiger charge is -2.08. The summed E-state index contributed by atoms with van der Waals surface area (Å²) in [5.74, 6) is 0.535. The van der Waals surface area contributed by atoms with Crippen LogP contribution in [0.1, 0.15) is 5.56 Å². The third-order valence-corrected chi connectivity index (χ3v) is 5.55. The van der Waals surface area contributed by atoms with E-state index in [-0.39, 0.29) is 22.0 Å². The van der Waals surface area contributed by atoms with E-state index < -0.39 is 9.84 Å². The number of benzene rings is 2. The van der Waals surface area contributed by atoms with E-state index in [0.717, 1.165) is 5.56 Å². The molecule has 0 saturated carbocycles. The Morgan fingerprint density at radius 1 is 0.920 bits per heavy atom. The summed E-state index contributed by atoms with van der Waals surface area (Å²) in [5, 5.41) is 0. The Bertz CT molecular complexity index is 1020. The van der Waals surface area contributed by atoms with Gasteiger partial charge in [0.15, 0.2) is 0 Å². The summed E-state index contributed by atoms with van der Waals surface area (Å²) in [7, 11) is -1.85. The average molecular weight is 355 g/mol. The molecule has 0 radical (unpaired) electrons. The molecule has 0 aliphatic rings. The van der Waals surface area contributed by atoms with Gasteiger partial charge < -0.3 is 9.30 Å². The highest BCUT2D eigenvalue weighted by molar-refractivity contribution is 7.91. The fourth-order valence-electron chi connectivity index (χ4n) is 2.30. The van der Waals surface area contributed by atoms with Crippen molar-refractivity contribution in [1.29, 1.82) is 0 Å². The molecule has 0 saturated heterocycles. The summed E-state index contributed by atoms with van der Waals surface area (Å²) in [6.45, 7) is 0.237. The minimum absolute atomic E-state index is 0.106. The number of ether oxygens (including phenoxy) is 1. The van der Waals surface area contributed by atoms with Gasteiger partial charge in [0.2, 0.25) is 9.84 Å². The molecule has 3 rings (SSSR count). The number of aryl methyl sites for hydroxylation is 1. The zero-order chi connectivity index (χ0) is 17.9. The molecule has 0 atom stereocenters. The molecule has 0 bridgehead atoms. The van der Waals surface area contributed by atoms with Crippen LogP contribution in [-0.2, 0) is 23.5 Å². The average Bonchev–Trinajstić information content (AvgIpc) is 2.64. The molecule has 25 heavy (non-hydrogen) atoms. The number of hydrogen-bond donors (Lipinski definition) is 0. The lowest BCUT2D eigenvalue weighted by Crippen LogP contribution is -2.15. The monoisotopic (exact) mass is 355 g/mol. The number of rotatable bonds is 5. The van der Waals surface area contributed by atoms with Crippen LogP contribution in [0.25, 0.3) is 0 Å². The third kappa shape index (κ3) is 3.80. The number of hydrogen-bond acceptors (Lipinski definition) is 4. The highest BCUT2D eigenvalue weighted by Gasteiger charge is 2.16. The second kappa shape index (κ2) is 6.94. The van der Waals surface area contributed by atoms with E-state index >= 15 is 0 Å². The molecular formula is C19H17NO4S. The smallest absolute Gasteiger partial charge is 0.250 e. The molecule has 2 aromatic carbocycles. The summed E-state index contributed by atoms with van der Waals surface area (Å²) >= 11 is 0. The lowest BCUT2D eigenvalue weighted by atomic mass is 10.3. The molecule has 0 unspecified atom stereocenters. The molecule has 128 valence electrons. The topological polar surface area (TPSA) is 65.4 Å². The third-order valence-electron chi connectivity index (χ3n) is 3.76. The highest BCUT2D eigenvalue weighted by atomic mass is 32.2. The van der Waals surface area contributed by atoms with Crippen molar-refractivity contribution < 1.29 is 13.2 Å². The predicted octanol–water partition coefficient (Wildman–Crippen LogP) is 2.80. The molecule has 0 N–H and O–H groups in total. The van der Waals surface area contributed by atoms with Crippen molar-refractivity contribution in [2.75, 3.05) is 0 Å². The normalized spacial score (nSPS) is 11.2. The van der Waals surface area contributed by atoms with E-state index in [1.165, 1.54) is 22.8 Å². The van der Waals surface area contributed by atoms with Gasteiger partial charge in [0.1, 0.15) is 12.4 Å². The van der Waals surface area contributed by atoms with Crippen LogP contribution in [0.4, 0.5) is 0 Å². The van der Waals surface area contributed by atoms with Crippen LogP contribution in [0.2, 0.25) is 0 Å². The second-order valence-corrected chi connectivity index (χ2v) is 7.51. The fourth-order valence-corrected chi connectivity index (χ4v) is 3.58. The Balaban J connectivity index is 1.74. The number of nitrogens with zero attached hydrogens (tertiary/aromatic N) is 1. The Morgan fingerprint density at radius 3 is 2.20 bits per heavy atom. The van der Waals surface area contributed by atoms with Gasteiger partial charge in [-0.15, -0.1) is 0 Å². The highest BCUT2D eigenvalue weighted by Crippen LogP contribution is 2.23. The maximum Gasteiger partial charge on any atom is 0.250 e. The van der Waals surface area contributed by atoms with Crippen LogP contribution in [0.3, 0.4) is 0 Å². The van der Waals surface area contributed by atoms with E-state index in [1.54, 1.807) is 61.8 Å². The van der Waals surface area contributed by atoms with E-state index in [0.29, 0.717) is 5.75 Å². The van der Waals surface area contributed by atoms with E-state index in [2.05, 4.69) is 0 Å².